The molecule has 0 bridgehead atoms. The van der Waals surface area contributed by atoms with Crippen molar-refractivity contribution in [3.8, 4) is 5.75 Å². The van der Waals surface area contributed by atoms with Gasteiger partial charge in [0, 0.05) is 5.56 Å². The fraction of sp³-hybridized carbons (Fsp3) is 0.167. The second-order valence-corrected chi connectivity index (χ2v) is 5.12. The minimum absolute atomic E-state index is 0.0307. The summed E-state index contributed by atoms with van der Waals surface area (Å²) in [5, 5.41) is 9.64. The van der Waals surface area contributed by atoms with E-state index in [1.165, 1.54) is 0 Å². The zero-order chi connectivity index (χ0) is 14.7. The predicted octanol–water partition coefficient (Wildman–Crippen LogP) is 4.21. The molecule has 102 valence electrons. The van der Waals surface area contributed by atoms with Gasteiger partial charge in [-0.25, -0.2) is 0 Å². The summed E-state index contributed by atoms with van der Waals surface area (Å²) in [4.78, 5) is 12.1. The molecule has 0 spiro atoms. The average Bonchev–Trinajstić information content (AvgIpc) is 2.38. The third kappa shape index (κ3) is 3.35. The molecule has 2 aromatic rings. The Morgan fingerprint density at radius 1 is 1.00 bits per heavy atom. The van der Waals surface area contributed by atoms with E-state index in [1.807, 2.05) is 51.1 Å². The van der Waals surface area contributed by atoms with E-state index in [0.29, 0.717) is 5.56 Å². The number of hydrogen-bond donors (Lipinski definition) is 1. The highest BCUT2D eigenvalue weighted by molar-refractivity contribution is 6.07. The first-order chi connectivity index (χ1) is 9.45. The van der Waals surface area contributed by atoms with Gasteiger partial charge in [-0.3, -0.25) is 4.79 Å². The molecule has 1 N–H and O–H groups in total. The van der Waals surface area contributed by atoms with Gasteiger partial charge >= 0.3 is 0 Å². The topological polar surface area (TPSA) is 37.3 Å². The van der Waals surface area contributed by atoms with Crippen LogP contribution in [0.2, 0.25) is 0 Å². The summed E-state index contributed by atoms with van der Waals surface area (Å²) in [7, 11) is 0. The molecule has 0 heterocycles. The number of phenolic OH excluding ortho intramolecular Hbond substituents is 1. The fourth-order valence-corrected chi connectivity index (χ4v) is 2.12. The fourth-order valence-electron chi connectivity index (χ4n) is 2.12. The molecule has 0 amide bonds. The molecule has 0 saturated heterocycles. The van der Waals surface area contributed by atoms with E-state index in [1.54, 1.807) is 18.2 Å². The summed E-state index contributed by atoms with van der Waals surface area (Å²) >= 11 is 0. The Labute approximate surface area is 119 Å². The number of allylic oxidation sites excluding steroid dienone is 1. The highest BCUT2D eigenvalue weighted by atomic mass is 16.3. The maximum atomic E-state index is 12.1. The van der Waals surface area contributed by atoms with Crippen molar-refractivity contribution >= 4 is 11.9 Å². The number of ketones is 1. The third-order valence-corrected chi connectivity index (χ3v) is 3.17. The summed E-state index contributed by atoms with van der Waals surface area (Å²) in [6.07, 6.45) is 3.26. The highest BCUT2D eigenvalue weighted by Gasteiger charge is 2.03. The average molecular weight is 266 g/mol. The lowest BCUT2D eigenvalue weighted by atomic mass is 10.0. The van der Waals surface area contributed by atoms with Gasteiger partial charge in [0.2, 0.25) is 0 Å². The first-order valence-corrected chi connectivity index (χ1v) is 6.56. The van der Waals surface area contributed by atoms with Crippen LogP contribution in [0, 0.1) is 20.8 Å². The number of hydrogen-bond acceptors (Lipinski definition) is 2. The van der Waals surface area contributed by atoms with Gasteiger partial charge in [0.15, 0.2) is 5.78 Å². The van der Waals surface area contributed by atoms with E-state index in [9.17, 15) is 9.90 Å². The van der Waals surface area contributed by atoms with Crippen LogP contribution in [0.15, 0.2) is 42.5 Å². The number of benzene rings is 2. The van der Waals surface area contributed by atoms with Crippen LogP contribution in [0.1, 0.15) is 32.6 Å². The smallest absolute Gasteiger partial charge is 0.185 e. The number of phenols is 1. The molecule has 2 nitrogen and oxygen atoms in total. The SMILES string of the molecule is Cc1cc(C)cc(C(=O)/C=C/c2ccc(C)c(O)c2)c1. The Morgan fingerprint density at radius 3 is 2.25 bits per heavy atom. The van der Waals surface area contributed by atoms with Gasteiger partial charge in [-0.2, -0.15) is 0 Å². The second-order valence-electron chi connectivity index (χ2n) is 5.12. The minimum atomic E-state index is -0.0307. The normalized spacial score (nSPS) is 10.9. The van der Waals surface area contributed by atoms with Crippen LogP contribution in [-0.4, -0.2) is 10.9 Å². The lowest BCUT2D eigenvalue weighted by Crippen LogP contribution is -1.95. The first-order valence-electron chi connectivity index (χ1n) is 6.56. The molecule has 0 radical (unpaired) electrons. The van der Waals surface area contributed by atoms with Crippen LogP contribution < -0.4 is 0 Å². The summed E-state index contributed by atoms with van der Waals surface area (Å²) in [5.41, 5.74) is 4.48. The van der Waals surface area contributed by atoms with Crippen molar-refractivity contribution in [2.24, 2.45) is 0 Å². The van der Waals surface area contributed by atoms with Crippen molar-refractivity contribution in [1.82, 2.24) is 0 Å². The molecule has 0 unspecified atom stereocenters. The number of carbonyl (C=O) groups is 1. The van der Waals surface area contributed by atoms with E-state index in [2.05, 4.69) is 0 Å². The summed E-state index contributed by atoms with van der Waals surface area (Å²) in [6, 6.07) is 11.2. The largest absolute Gasteiger partial charge is 0.508 e. The monoisotopic (exact) mass is 266 g/mol. The van der Waals surface area contributed by atoms with Gasteiger partial charge in [0.25, 0.3) is 0 Å². The Hall–Kier alpha value is -2.35. The van der Waals surface area contributed by atoms with Crippen LogP contribution in [0.4, 0.5) is 0 Å². The first kappa shape index (κ1) is 14.1. The number of aromatic hydroxyl groups is 1. The van der Waals surface area contributed by atoms with Gasteiger partial charge in [-0.15, -0.1) is 0 Å². The summed E-state index contributed by atoms with van der Waals surface area (Å²) < 4.78 is 0. The molecule has 0 atom stereocenters. The molecule has 0 aliphatic rings. The van der Waals surface area contributed by atoms with Crippen LogP contribution >= 0.6 is 0 Å². The van der Waals surface area contributed by atoms with E-state index in [-0.39, 0.29) is 11.5 Å². The Kier molecular flexibility index (Phi) is 4.04. The van der Waals surface area contributed by atoms with Gasteiger partial charge in [0.05, 0.1) is 0 Å². The Morgan fingerprint density at radius 2 is 1.65 bits per heavy atom. The number of carbonyl (C=O) groups excluding carboxylic acids is 1. The number of aryl methyl sites for hydroxylation is 3. The molecule has 0 aromatic heterocycles. The van der Waals surface area contributed by atoms with Crippen molar-refractivity contribution in [1.29, 1.82) is 0 Å². The number of rotatable bonds is 3. The molecule has 0 fully saturated rings. The van der Waals surface area contributed by atoms with Crippen molar-refractivity contribution < 1.29 is 9.90 Å². The maximum absolute atomic E-state index is 12.1. The molecule has 2 aromatic carbocycles. The maximum Gasteiger partial charge on any atom is 0.185 e. The van der Waals surface area contributed by atoms with E-state index < -0.39 is 0 Å². The van der Waals surface area contributed by atoms with Gasteiger partial charge in [0.1, 0.15) is 5.75 Å². The van der Waals surface area contributed by atoms with Crippen LogP contribution in [0.25, 0.3) is 6.08 Å². The summed E-state index contributed by atoms with van der Waals surface area (Å²) in [5.74, 6) is 0.211. The Balaban J connectivity index is 2.22. The van der Waals surface area contributed by atoms with Crippen LogP contribution in [0.3, 0.4) is 0 Å². The van der Waals surface area contributed by atoms with Gasteiger partial charge in [-0.1, -0.05) is 35.4 Å². The molecular weight excluding hydrogens is 248 g/mol. The van der Waals surface area contributed by atoms with E-state index in [4.69, 9.17) is 0 Å². The molecule has 0 aliphatic carbocycles. The second kappa shape index (κ2) is 5.74. The zero-order valence-corrected chi connectivity index (χ0v) is 12.0. The quantitative estimate of drug-likeness (QED) is 0.667. The Bertz CT molecular complexity index is 662. The van der Waals surface area contributed by atoms with Crippen LogP contribution in [0.5, 0.6) is 5.75 Å². The van der Waals surface area contributed by atoms with Crippen molar-refractivity contribution in [2.75, 3.05) is 0 Å². The van der Waals surface area contributed by atoms with E-state index in [0.717, 1.165) is 22.3 Å². The molecule has 20 heavy (non-hydrogen) atoms. The lowest BCUT2D eigenvalue weighted by Gasteiger charge is -2.02. The molecule has 0 aliphatic heterocycles. The van der Waals surface area contributed by atoms with Crippen LogP contribution in [-0.2, 0) is 0 Å². The standard InChI is InChI=1S/C18H18O2/c1-12-8-13(2)10-16(9-12)17(19)7-6-15-5-4-14(3)18(20)11-15/h4-11,20H,1-3H3/b7-6+. The highest BCUT2D eigenvalue weighted by Crippen LogP contribution is 2.18. The molecule has 2 rings (SSSR count). The molecular formula is C18H18O2. The van der Waals surface area contributed by atoms with Gasteiger partial charge in [-0.05, 0) is 56.2 Å². The van der Waals surface area contributed by atoms with Gasteiger partial charge < -0.3 is 5.11 Å². The van der Waals surface area contributed by atoms with Crippen molar-refractivity contribution in [2.45, 2.75) is 20.8 Å². The lowest BCUT2D eigenvalue weighted by molar-refractivity contribution is 0.104. The molecule has 2 heteroatoms. The molecule has 0 saturated carbocycles. The summed E-state index contributed by atoms with van der Waals surface area (Å²) in [6.45, 7) is 5.79. The zero-order valence-electron chi connectivity index (χ0n) is 12.0. The predicted molar refractivity (Wildman–Crippen MR) is 82.1 cm³/mol. The van der Waals surface area contributed by atoms with E-state index >= 15 is 0 Å². The third-order valence-electron chi connectivity index (χ3n) is 3.17. The minimum Gasteiger partial charge on any atom is -0.508 e. The van der Waals surface area contributed by atoms with Crippen molar-refractivity contribution in [3.05, 3.63) is 70.3 Å². The van der Waals surface area contributed by atoms with Crippen molar-refractivity contribution in [3.63, 3.8) is 0 Å².